The van der Waals surface area contributed by atoms with Crippen molar-refractivity contribution in [2.75, 3.05) is 50.4 Å². The van der Waals surface area contributed by atoms with E-state index in [0.29, 0.717) is 18.0 Å². The third kappa shape index (κ3) is 6.29. The van der Waals surface area contributed by atoms with Crippen LogP contribution in [0.3, 0.4) is 0 Å². The van der Waals surface area contributed by atoms with E-state index in [-0.39, 0.29) is 28.7 Å². The zero-order chi connectivity index (χ0) is 18.4. The molecule has 0 spiro atoms. The van der Waals surface area contributed by atoms with Gasteiger partial charge in [-0.25, -0.2) is 0 Å². The molecule has 0 aliphatic carbocycles. The van der Waals surface area contributed by atoms with E-state index in [2.05, 4.69) is 20.1 Å². The quantitative estimate of drug-likeness (QED) is 0.382. The molecule has 26 heavy (non-hydrogen) atoms. The number of benzene rings is 1. The van der Waals surface area contributed by atoms with E-state index in [1.165, 1.54) is 0 Å². The minimum atomic E-state index is -0.866. The second-order valence-electron chi connectivity index (χ2n) is 7.10. The van der Waals surface area contributed by atoms with Gasteiger partial charge in [0.2, 0.25) is 0 Å². The number of aromatic hydroxyl groups is 1. The fourth-order valence-corrected chi connectivity index (χ4v) is 3.68. The van der Waals surface area contributed by atoms with Crippen molar-refractivity contribution < 1.29 is 9.32 Å². The lowest BCUT2D eigenvalue weighted by molar-refractivity contribution is 0.371. The maximum atomic E-state index is 12.1. The average Bonchev–Trinajstić information content (AvgIpc) is 2.58. The van der Waals surface area contributed by atoms with Crippen LogP contribution in [0.2, 0.25) is 0 Å². The van der Waals surface area contributed by atoms with Crippen molar-refractivity contribution in [1.29, 1.82) is 0 Å². The third-order valence-corrected chi connectivity index (χ3v) is 6.21. The van der Waals surface area contributed by atoms with Crippen LogP contribution in [0.15, 0.2) is 29.3 Å². The molecule has 2 rings (SSSR count). The molecule has 2 N–H and O–H groups in total. The van der Waals surface area contributed by atoms with Crippen molar-refractivity contribution in [1.82, 2.24) is 10.2 Å². The van der Waals surface area contributed by atoms with Gasteiger partial charge in [0.05, 0.1) is 5.69 Å². The number of nitrogens with one attached hydrogen (secondary N) is 1. The van der Waals surface area contributed by atoms with Crippen LogP contribution in [0.1, 0.15) is 20.8 Å². The van der Waals surface area contributed by atoms with E-state index in [4.69, 9.17) is 0 Å². The summed E-state index contributed by atoms with van der Waals surface area (Å²) in [6.07, 6.45) is 0. The molecule has 1 saturated heterocycles. The molecule has 1 heterocycles. The summed E-state index contributed by atoms with van der Waals surface area (Å²) in [5, 5.41) is 13.3. The zero-order valence-corrected chi connectivity index (χ0v) is 19.2. The molecule has 1 aromatic carbocycles. The molecule has 1 aromatic rings. The number of hydrogen-bond acceptors (Lipinski definition) is 4. The molecule has 1 unspecified atom stereocenters. The van der Waals surface area contributed by atoms with E-state index < -0.39 is 10.8 Å². The second kappa shape index (κ2) is 10.3. The van der Waals surface area contributed by atoms with E-state index in [1.807, 2.05) is 39.0 Å². The topological polar surface area (TPSA) is 68.2 Å². The summed E-state index contributed by atoms with van der Waals surface area (Å²) >= 11 is 0. The van der Waals surface area contributed by atoms with Gasteiger partial charge in [-0.15, -0.1) is 24.0 Å². The second-order valence-corrected chi connectivity index (χ2v) is 9.42. The van der Waals surface area contributed by atoms with Crippen molar-refractivity contribution in [3.8, 4) is 5.75 Å². The minimum Gasteiger partial charge on any atom is -0.506 e. The number of halogens is 1. The van der Waals surface area contributed by atoms with E-state index >= 15 is 0 Å². The molecule has 8 heteroatoms. The van der Waals surface area contributed by atoms with Crippen molar-refractivity contribution in [3.05, 3.63) is 24.3 Å². The fraction of sp³-hybridized carbons (Fsp3) is 0.611. The number of guanidine groups is 1. The Balaban J connectivity index is 0.00000338. The van der Waals surface area contributed by atoms with Crippen LogP contribution in [0.4, 0.5) is 5.69 Å². The predicted molar refractivity (Wildman–Crippen MR) is 121 cm³/mol. The van der Waals surface area contributed by atoms with Crippen LogP contribution >= 0.6 is 24.0 Å². The van der Waals surface area contributed by atoms with Crippen LogP contribution in [0.5, 0.6) is 5.75 Å². The molecule has 1 aliphatic rings. The van der Waals surface area contributed by atoms with Gasteiger partial charge in [0.15, 0.2) is 5.96 Å². The average molecular weight is 494 g/mol. The van der Waals surface area contributed by atoms with E-state index in [1.54, 1.807) is 13.1 Å². The van der Waals surface area contributed by atoms with Gasteiger partial charge in [0.1, 0.15) is 5.75 Å². The first-order valence-corrected chi connectivity index (χ1v) is 10.0. The standard InChI is InChI=1S/C18H30N4O2S.HI/c1-18(2,3)25(24)14-9-20-17(19-4)22-12-10-21(11-13-22)15-7-5-6-8-16(15)23;/h5-8,23H,9-14H2,1-4H3,(H,19,20);1H. The number of anilines is 1. The Morgan fingerprint density at radius 3 is 2.38 bits per heavy atom. The zero-order valence-electron chi connectivity index (χ0n) is 16.1. The summed E-state index contributed by atoms with van der Waals surface area (Å²) in [5.74, 6) is 1.78. The lowest BCUT2D eigenvalue weighted by atomic mass is 10.2. The number of para-hydroxylation sites is 2. The maximum absolute atomic E-state index is 12.1. The lowest BCUT2D eigenvalue weighted by Gasteiger charge is -2.37. The summed E-state index contributed by atoms with van der Waals surface area (Å²) < 4.78 is 11.9. The van der Waals surface area contributed by atoms with Gasteiger partial charge in [-0.3, -0.25) is 9.20 Å². The molecule has 148 valence electrons. The Labute approximate surface area is 176 Å². The van der Waals surface area contributed by atoms with Gasteiger partial charge < -0.3 is 20.2 Å². The Hall–Kier alpha value is -1.03. The smallest absolute Gasteiger partial charge is 0.193 e. The number of piperazine rings is 1. The Morgan fingerprint density at radius 2 is 1.85 bits per heavy atom. The van der Waals surface area contributed by atoms with Gasteiger partial charge in [0, 0.05) is 61.1 Å². The van der Waals surface area contributed by atoms with Crippen LogP contribution in [0, 0.1) is 0 Å². The fourth-order valence-electron chi connectivity index (χ4n) is 2.78. The Bertz CT molecular complexity index is 626. The molecule has 1 fully saturated rings. The molecule has 0 saturated carbocycles. The highest BCUT2D eigenvalue weighted by atomic mass is 127. The summed E-state index contributed by atoms with van der Waals surface area (Å²) in [6, 6.07) is 7.44. The largest absolute Gasteiger partial charge is 0.506 e. The van der Waals surface area contributed by atoms with Gasteiger partial charge in [-0.05, 0) is 32.9 Å². The molecule has 1 atom stereocenters. The normalized spacial score (nSPS) is 16.8. The van der Waals surface area contributed by atoms with Crippen LogP contribution < -0.4 is 10.2 Å². The first-order valence-electron chi connectivity index (χ1n) is 8.70. The van der Waals surface area contributed by atoms with Gasteiger partial charge >= 0.3 is 0 Å². The summed E-state index contributed by atoms with van der Waals surface area (Å²) in [6.45, 7) is 9.95. The van der Waals surface area contributed by atoms with Crippen molar-refractivity contribution in [3.63, 3.8) is 0 Å². The first-order chi connectivity index (χ1) is 11.8. The molecular formula is C18H31IN4O2S. The van der Waals surface area contributed by atoms with Gasteiger partial charge in [0.25, 0.3) is 0 Å². The molecule has 1 aliphatic heterocycles. The molecule has 6 nitrogen and oxygen atoms in total. The summed E-state index contributed by atoms with van der Waals surface area (Å²) in [5.41, 5.74) is 0.880. The molecular weight excluding hydrogens is 463 g/mol. The molecule has 0 aromatic heterocycles. The van der Waals surface area contributed by atoms with Crippen molar-refractivity contribution in [2.45, 2.75) is 25.5 Å². The number of aliphatic imine (C=N–C) groups is 1. The number of hydrogen-bond donors (Lipinski definition) is 2. The van der Waals surface area contributed by atoms with E-state index in [9.17, 15) is 9.32 Å². The lowest BCUT2D eigenvalue weighted by Crippen LogP contribution is -2.53. The number of phenolic OH excluding ortho intramolecular Hbond substituents is 1. The van der Waals surface area contributed by atoms with Crippen LogP contribution in [0.25, 0.3) is 0 Å². The molecule has 0 bridgehead atoms. The third-order valence-electron chi connectivity index (χ3n) is 4.27. The highest BCUT2D eigenvalue weighted by molar-refractivity contribution is 14.0. The minimum absolute atomic E-state index is 0. The van der Waals surface area contributed by atoms with Crippen molar-refractivity contribution >= 4 is 46.4 Å². The van der Waals surface area contributed by atoms with Gasteiger partial charge in [-0.2, -0.15) is 0 Å². The highest BCUT2D eigenvalue weighted by Crippen LogP contribution is 2.27. The Morgan fingerprint density at radius 1 is 1.23 bits per heavy atom. The highest BCUT2D eigenvalue weighted by Gasteiger charge is 2.22. The number of rotatable bonds is 4. The molecule has 0 radical (unpaired) electrons. The summed E-state index contributed by atoms with van der Waals surface area (Å²) in [4.78, 5) is 8.74. The SMILES string of the molecule is CN=C(NCCS(=O)C(C)(C)C)N1CCN(c2ccccc2O)CC1.I. The number of phenols is 1. The van der Waals surface area contributed by atoms with Crippen LogP contribution in [-0.4, -0.2) is 70.4 Å². The monoisotopic (exact) mass is 494 g/mol. The maximum Gasteiger partial charge on any atom is 0.193 e. The van der Waals surface area contributed by atoms with E-state index in [0.717, 1.165) is 37.8 Å². The first kappa shape index (κ1) is 23.0. The van der Waals surface area contributed by atoms with Crippen molar-refractivity contribution in [2.24, 2.45) is 4.99 Å². The molecule has 0 amide bonds. The van der Waals surface area contributed by atoms with Gasteiger partial charge in [-0.1, -0.05) is 12.1 Å². The predicted octanol–water partition coefficient (Wildman–Crippen LogP) is 2.25. The summed E-state index contributed by atoms with van der Waals surface area (Å²) in [7, 11) is 0.910. The van der Waals surface area contributed by atoms with Crippen LogP contribution in [-0.2, 0) is 10.8 Å². The Kier molecular flexibility index (Phi) is 9.15. The number of nitrogens with zero attached hydrogens (tertiary/aromatic N) is 3.